The van der Waals surface area contributed by atoms with Crippen molar-refractivity contribution in [1.29, 1.82) is 0 Å². The van der Waals surface area contributed by atoms with Crippen LogP contribution in [0.3, 0.4) is 0 Å². The molecule has 0 aromatic heterocycles. The van der Waals surface area contributed by atoms with Gasteiger partial charge in [0.05, 0.1) is 0 Å². The van der Waals surface area contributed by atoms with Gasteiger partial charge in [-0.05, 0) is 50.6 Å². The Hall–Kier alpha value is -1.39. The minimum Gasteiger partial charge on any atom is -0.396 e. The molecule has 0 saturated heterocycles. The van der Waals surface area contributed by atoms with Gasteiger partial charge >= 0.3 is 0 Å². The third kappa shape index (κ3) is 6.74. The van der Waals surface area contributed by atoms with Gasteiger partial charge < -0.3 is 15.7 Å². The number of anilines is 1. The number of rotatable bonds is 10. The molecule has 1 aromatic rings. The number of aliphatic hydroxyl groups excluding tert-OH is 1. The second kappa shape index (κ2) is 10.4. The van der Waals surface area contributed by atoms with E-state index in [1.807, 2.05) is 31.3 Å². The molecule has 1 amide bonds. The van der Waals surface area contributed by atoms with Gasteiger partial charge in [0, 0.05) is 24.6 Å². The van der Waals surface area contributed by atoms with Crippen molar-refractivity contribution >= 4 is 11.6 Å². The number of unbranched alkanes of at least 4 members (excludes halogenated alkanes) is 1. The van der Waals surface area contributed by atoms with Crippen molar-refractivity contribution in [1.82, 2.24) is 5.32 Å². The SMILES string of the molecule is CCCC(CO)c1ccc(NC(=O)CCCCNC)cc1. The fourth-order valence-electron chi connectivity index (χ4n) is 2.36. The standard InChI is InChI=1S/C17H28N2O2/c1-3-6-15(13-20)14-8-10-16(11-9-14)19-17(21)7-4-5-12-18-2/h8-11,15,18,20H,3-7,12-13H2,1-2H3,(H,19,21). The third-order valence-corrected chi connectivity index (χ3v) is 3.60. The van der Waals surface area contributed by atoms with Crippen LogP contribution in [0, 0.1) is 0 Å². The van der Waals surface area contributed by atoms with Gasteiger partial charge in [0.15, 0.2) is 0 Å². The van der Waals surface area contributed by atoms with Gasteiger partial charge in [-0.3, -0.25) is 4.79 Å². The largest absolute Gasteiger partial charge is 0.396 e. The predicted molar refractivity (Wildman–Crippen MR) is 87.6 cm³/mol. The van der Waals surface area contributed by atoms with Crippen LogP contribution in [-0.2, 0) is 4.79 Å². The Morgan fingerprint density at radius 2 is 1.95 bits per heavy atom. The van der Waals surface area contributed by atoms with Crippen LogP contribution in [0.15, 0.2) is 24.3 Å². The van der Waals surface area contributed by atoms with E-state index in [2.05, 4.69) is 17.6 Å². The predicted octanol–water partition coefficient (Wildman–Crippen LogP) is 2.89. The molecular weight excluding hydrogens is 264 g/mol. The normalized spacial score (nSPS) is 12.1. The first-order valence-electron chi connectivity index (χ1n) is 7.86. The summed E-state index contributed by atoms with van der Waals surface area (Å²) in [6.45, 7) is 3.23. The van der Waals surface area contributed by atoms with Crippen molar-refractivity contribution in [2.75, 3.05) is 25.5 Å². The number of benzene rings is 1. The first-order valence-corrected chi connectivity index (χ1v) is 7.86. The van der Waals surface area contributed by atoms with Crippen molar-refractivity contribution in [2.24, 2.45) is 0 Å². The monoisotopic (exact) mass is 292 g/mol. The Morgan fingerprint density at radius 1 is 1.24 bits per heavy atom. The third-order valence-electron chi connectivity index (χ3n) is 3.60. The van der Waals surface area contributed by atoms with Crippen LogP contribution < -0.4 is 10.6 Å². The summed E-state index contributed by atoms with van der Waals surface area (Å²) in [4.78, 5) is 11.8. The summed E-state index contributed by atoms with van der Waals surface area (Å²) in [5.74, 6) is 0.257. The molecule has 4 nitrogen and oxygen atoms in total. The van der Waals surface area contributed by atoms with E-state index in [9.17, 15) is 9.90 Å². The molecule has 0 aliphatic rings. The van der Waals surface area contributed by atoms with Crippen molar-refractivity contribution in [3.05, 3.63) is 29.8 Å². The lowest BCUT2D eigenvalue weighted by Crippen LogP contribution is -2.13. The summed E-state index contributed by atoms with van der Waals surface area (Å²) in [5.41, 5.74) is 1.96. The molecule has 1 rings (SSSR count). The summed E-state index contributed by atoms with van der Waals surface area (Å²) in [5, 5.41) is 15.4. The summed E-state index contributed by atoms with van der Waals surface area (Å²) in [6.07, 6.45) is 4.49. The van der Waals surface area contributed by atoms with Gasteiger partial charge in [0.1, 0.15) is 0 Å². The van der Waals surface area contributed by atoms with Crippen LogP contribution in [0.4, 0.5) is 5.69 Å². The highest BCUT2D eigenvalue weighted by molar-refractivity contribution is 5.90. The zero-order valence-electron chi connectivity index (χ0n) is 13.2. The summed E-state index contributed by atoms with van der Waals surface area (Å²) >= 11 is 0. The Morgan fingerprint density at radius 3 is 2.52 bits per heavy atom. The average molecular weight is 292 g/mol. The van der Waals surface area contributed by atoms with Crippen LogP contribution in [0.25, 0.3) is 0 Å². The van der Waals surface area contributed by atoms with Crippen LogP contribution >= 0.6 is 0 Å². The van der Waals surface area contributed by atoms with Crippen molar-refractivity contribution in [3.8, 4) is 0 Å². The molecule has 1 unspecified atom stereocenters. The molecule has 4 heteroatoms. The van der Waals surface area contributed by atoms with E-state index in [0.29, 0.717) is 6.42 Å². The molecule has 0 fully saturated rings. The smallest absolute Gasteiger partial charge is 0.224 e. The highest BCUT2D eigenvalue weighted by atomic mass is 16.3. The van der Waals surface area contributed by atoms with Crippen LogP contribution in [0.2, 0.25) is 0 Å². The van der Waals surface area contributed by atoms with Gasteiger partial charge in [-0.1, -0.05) is 25.5 Å². The van der Waals surface area contributed by atoms with Gasteiger partial charge in [0.25, 0.3) is 0 Å². The van der Waals surface area contributed by atoms with Crippen molar-refractivity contribution in [3.63, 3.8) is 0 Å². The number of carbonyl (C=O) groups is 1. The average Bonchev–Trinajstić information content (AvgIpc) is 2.50. The lowest BCUT2D eigenvalue weighted by atomic mass is 9.95. The van der Waals surface area contributed by atoms with Gasteiger partial charge in [-0.25, -0.2) is 0 Å². The molecular formula is C17H28N2O2. The zero-order chi connectivity index (χ0) is 15.5. The highest BCUT2D eigenvalue weighted by Crippen LogP contribution is 2.22. The van der Waals surface area contributed by atoms with Crippen LogP contribution in [0.1, 0.15) is 50.5 Å². The number of carbonyl (C=O) groups excluding carboxylic acids is 1. The second-order valence-corrected chi connectivity index (χ2v) is 5.40. The molecule has 0 heterocycles. The molecule has 3 N–H and O–H groups in total. The maximum absolute atomic E-state index is 11.8. The highest BCUT2D eigenvalue weighted by Gasteiger charge is 2.09. The Bertz CT molecular complexity index is 404. The van der Waals surface area contributed by atoms with Crippen molar-refractivity contribution < 1.29 is 9.90 Å². The quantitative estimate of drug-likeness (QED) is 0.581. The second-order valence-electron chi connectivity index (χ2n) is 5.40. The van der Waals surface area contributed by atoms with E-state index in [1.165, 1.54) is 0 Å². The topological polar surface area (TPSA) is 61.4 Å². The molecule has 0 radical (unpaired) electrons. The Kier molecular flexibility index (Phi) is 8.71. The number of hydrogen-bond donors (Lipinski definition) is 3. The number of aliphatic hydroxyl groups is 1. The molecule has 0 bridgehead atoms. The first-order chi connectivity index (χ1) is 10.2. The van der Waals surface area contributed by atoms with Crippen LogP contribution in [0.5, 0.6) is 0 Å². The van der Waals surface area contributed by atoms with E-state index in [-0.39, 0.29) is 18.4 Å². The lowest BCUT2D eigenvalue weighted by Gasteiger charge is -2.14. The van der Waals surface area contributed by atoms with Crippen LogP contribution in [-0.4, -0.2) is 31.2 Å². The summed E-state index contributed by atoms with van der Waals surface area (Å²) in [7, 11) is 1.92. The summed E-state index contributed by atoms with van der Waals surface area (Å²) < 4.78 is 0. The molecule has 21 heavy (non-hydrogen) atoms. The minimum absolute atomic E-state index is 0.0612. The molecule has 0 aliphatic heterocycles. The van der Waals surface area contributed by atoms with E-state index < -0.39 is 0 Å². The zero-order valence-corrected chi connectivity index (χ0v) is 13.2. The molecule has 0 saturated carbocycles. The van der Waals surface area contributed by atoms with Gasteiger partial charge in [0.2, 0.25) is 5.91 Å². The molecule has 1 aromatic carbocycles. The molecule has 0 aliphatic carbocycles. The lowest BCUT2D eigenvalue weighted by molar-refractivity contribution is -0.116. The molecule has 0 spiro atoms. The van der Waals surface area contributed by atoms with Gasteiger partial charge in [-0.15, -0.1) is 0 Å². The fraction of sp³-hybridized carbons (Fsp3) is 0.588. The van der Waals surface area contributed by atoms with Crippen molar-refractivity contribution in [2.45, 2.75) is 44.9 Å². The fourth-order valence-corrected chi connectivity index (χ4v) is 2.36. The maximum atomic E-state index is 11.8. The van der Waals surface area contributed by atoms with E-state index in [0.717, 1.165) is 43.5 Å². The molecule has 1 atom stereocenters. The summed E-state index contributed by atoms with van der Waals surface area (Å²) in [6, 6.07) is 7.82. The van der Waals surface area contributed by atoms with E-state index >= 15 is 0 Å². The number of nitrogens with one attached hydrogen (secondary N) is 2. The maximum Gasteiger partial charge on any atom is 0.224 e. The number of hydrogen-bond acceptors (Lipinski definition) is 3. The van der Waals surface area contributed by atoms with E-state index in [1.54, 1.807) is 0 Å². The molecule has 118 valence electrons. The Labute approximate surface area is 128 Å². The Balaban J connectivity index is 2.44. The first kappa shape index (κ1) is 17.7. The number of amides is 1. The minimum atomic E-state index is 0.0612. The van der Waals surface area contributed by atoms with E-state index in [4.69, 9.17) is 0 Å². The van der Waals surface area contributed by atoms with Gasteiger partial charge in [-0.2, -0.15) is 0 Å².